The van der Waals surface area contributed by atoms with Gasteiger partial charge in [-0.1, -0.05) is 54.0 Å². The van der Waals surface area contributed by atoms with Gasteiger partial charge in [-0.3, -0.25) is 9.59 Å². The molecule has 0 saturated carbocycles. The van der Waals surface area contributed by atoms with Crippen molar-refractivity contribution in [3.05, 3.63) is 64.1 Å². The fourth-order valence-corrected chi connectivity index (χ4v) is 3.77. The number of methoxy groups -OCH3 is 1. The number of amides is 2. The summed E-state index contributed by atoms with van der Waals surface area (Å²) < 4.78 is 6.20. The van der Waals surface area contributed by atoms with E-state index < -0.39 is 0 Å². The summed E-state index contributed by atoms with van der Waals surface area (Å²) in [5.74, 6) is 0.447. The molecule has 0 radical (unpaired) electrons. The molecule has 3 rings (SSSR count). The average Bonchev–Trinajstić information content (AvgIpc) is 3.07. The number of carbonyl (C=O) groups excluding carboxylic acids is 2. The minimum Gasteiger partial charge on any atom is -0.497 e. The molecule has 1 atom stereocenters. The highest BCUT2D eigenvalue weighted by molar-refractivity contribution is 9.10. The van der Waals surface area contributed by atoms with Crippen LogP contribution in [-0.2, 0) is 21.5 Å². The molecule has 1 unspecified atom stereocenters. The van der Waals surface area contributed by atoms with Gasteiger partial charge in [-0.2, -0.15) is 0 Å². The molecule has 1 saturated heterocycles. The quantitative estimate of drug-likeness (QED) is 0.684. The third-order valence-electron chi connectivity index (χ3n) is 5.45. The molecule has 0 aromatic heterocycles. The Morgan fingerprint density at radius 2 is 1.83 bits per heavy atom. The highest BCUT2D eigenvalue weighted by Crippen LogP contribution is 2.25. The van der Waals surface area contributed by atoms with Gasteiger partial charge in [0.15, 0.2) is 0 Å². The number of nitrogens with one attached hydrogen (secondary N) is 1. The lowest BCUT2D eigenvalue weighted by Crippen LogP contribution is -2.40. The Balaban J connectivity index is 1.54. The minimum atomic E-state index is -0.304. The van der Waals surface area contributed by atoms with Crippen LogP contribution in [0.15, 0.2) is 53.0 Å². The van der Waals surface area contributed by atoms with E-state index >= 15 is 0 Å². The Bertz CT molecular complexity index is 863. The first-order valence-electron chi connectivity index (χ1n) is 9.73. The Labute approximate surface area is 180 Å². The maximum absolute atomic E-state index is 12.7. The summed E-state index contributed by atoms with van der Waals surface area (Å²) in [6, 6.07) is 15.8. The van der Waals surface area contributed by atoms with Crippen molar-refractivity contribution in [1.29, 1.82) is 0 Å². The Hall–Kier alpha value is -2.34. The van der Waals surface area contributed by atoms with E-state index in [4.69, 9.17) is 4.74 Å². The van der Waals surface area contributed by atoms with Gasteiger partial charge in [0.2, 0.25) is 11.8 Å². The maximum Gasteiger partial charge on any atom is 0.225 e. The van der Waals surface area contributed by atoms with Crippen LogP contribution in [0.25, 0.3) is 0 Å². The first-order chi connectivity index (χ1) is 13.8. The number of ether oxygens (including phenoxy) is 1. The molecule has 2 amide bonds. The summed E-state index contributed by atoms with van der Waals surface area (Å²) in [4.78, 5) is 26.8. The number of nitrogens with zero attached hydrogens (tertiary/aromatic N) is 1. The van der Waals surface area contributed by atoms with Crippen LogP contribution in [0.3, 0.4) is 0 Å². The molecule has 154 valence electrons. The third kappa shape index (κ3) is 5.38. The van der Waals surface area contributed by atoms with Crippen LogP contribution in [0.1, 0.15) is 31.4 Å². The first-order valence-corrected chi connectivity index (χ1v) is 10.5. The Morgan fingerprint density at radius 1 is 1.17 bits per heavy atom. The van der Waals surface area contributed by atoms with E-state index in [0.717, 1.165) is 21.3 Å². The van der Waals surface area contributed by atoms with E-state index in [1.807, 2.05) is 36.4 Å². The average molecular weight is 459 g/mol. The lowest BCUT2D eigenvalue weighted by Gasteiger charge is -2.26. The Kier molecular flexibility index (Phi) is 6.63. The number of halogens is 1. The summed E-state index contributed by atoms with van der Waals surface area (Å²) in [5, 5.41) is 3.05. The van der Waals surface area contributed by atoms with Gasteiger partial charge < -0.3 is 15.0 Å². The number of rotatable bonds is 7. The van der Waals surface area contributed by atoms with Crippen molar-refractivity contribution in [2.75, 3.05) is 20.2 Å². The number of hydrogen-bond donors (Lipinski definition) is 1. The predicted octanol–water partition coefficient (Wildman–Crippen LogP) is 3.90. The smallest absolute Gasteiger partial charge is 0.225 e. The van der Waals surface area contributed by atoms with E-state index in [-0.39, 0.29) is 29.6 Å². The fraction of sp³-hybridized carbons (Fsp3) is 0.391. The largest absolute Gasteiger partial charge is 0.497 e. The summed E-state index contributed by atoms with van der Waals surface area (Å²) in [6.07, 6.45) is 0.265. The molecule has 1 aliphatic rings. The van der Waals surface area contributed by atoms with Gasteiger partial charge in [0.25, 0.3) is 0 Å². The first kappa shape index (κ1) is 21.4. The van der Waals surface area contributed by atoms with E-state index in [9.17, 15) is 9.59 Å². The summed E-state index contributed by atoms with van der Waals surface area (Å²) >= 11 is 3.45. The number of carbonyl (C=O) groups is 2. The Morgan fingerprint density at radius 3 is 2.45 bits per heavy atom. The van der Waals surface area contributed by atoms with E-state index in [0.29, 0.717) is 19.6 Å². The SMILES string of the molecule is COc1ccc(CN2CC(C(=O)NCC(C)(C)c3ccc(Br)cc3)CC2=O)cc1. The second kappa shape index (κ2) is 8.99. The minimum absolute atomic E-state index is 0.0214. The maximum atomic E-state index is 12.7. The zero-order valence-electron chi connectivity index (χ0n) is 17.1. The monoisotopic (exact) mass is 458 g/mol. The summed E-state index contributed by atoms with van der Waals surface area (Å²) in [6.45, 7) is 5.70. The second-order valence-electron chi connectivity index (χ2n) is 8.13. The predicted molar refractivity (Wildman–Crippen MR) is 117 cm³/mol. The fourth-order valence-electron chi connectivity index (χ4n) is 3.51. The zero-order chi connectivity index (χ0) is 21.0. The van der Waals surface area contributed by atoms with Crippen molar-refractivity contribution in [2.45, 2.75) is 32.2 Å². The van der Waals surface area contributed by atoms with Gasteiger partial charge in [-0.05, 0) is 35.4 Å². The molecule has 2 aromatic rings. The molecule has 29 heavy (non-hydrogen) atoms. The number of hydrogen-bond acceptors (Lipinski definition) is 3. The van der Waals surface area contributed by atoms with Gasteiger partial charge in [0.05, 0.1) is 13.0 Å². The van der Waals surface area contributed by atoms with Gasteiger partial charge in [-0.15, -0.1) is 0 Å². The van der Waals surface area contributed by atoms with E-state index in [1.165, 1.54) is 0 Å². The van der Waals surface area contributed by atoms with Crippen LogP contribution in [-0.4, -0.2) is 36.9 Å². The number of likely N-dealkylation sites (tertiary alicyclic amines) is 1. The topological polar surface area (TPSA) is 58.6 Å². The molecular weight excluding hydrogens is 432 g/mol. The molecule has 5 nitrogen and oxygen atoms in total. The standard InChI is InChI=1S/C23H27BrN2O3/c1-23(2,18-6-8-19(24)9-7-18)15-25-22(28)17-12-21(27)26(14-17)13-16-4-10-20(29-3)11-5-16/h4-11,17H,12-15H2,1-3H3,(H,25,28). The van der Waals surface area contributed by atoms with Crippen LogP contribution in [0.2, 0.25) is 0 Å². The van der Waals surface area contributed by atoms with Crippen LogP contribution in [0, 0.1) is 5.92 Å². The number of benzene rings is 2. The van der Waals surface area contributed by atoms with Crippen molar-refractivity contribution in [3.63, 3.8) is 0 Å². The van der Waals surface area contributed by atoms with Crippen LogP contribution in [0.4, 0.5) is 0 Å². The summed E-state index contributed by atoms with van der Waals surface area (Å²) in [7, 11) is 1.63. The second-order valence-corrected chi connectivity index (χ2v) is 9.05. The molecule has 2 aromatic carbocycles. The van der Waals surface area contributed by atoms with Crippen LogP contribution in [0.5, 0.6) is 5.75 Å². The van der Waals surface area contributed by atoms with Crippen molar-refractivity contribution in [3.8, 4) is 5.75 Å². The summed E-state index contributed by atoms with van der Waals surface area (Å²) in [5.41, 5.74) is 1.99. The molecule has 0 aliphatic carbocycles. The molecule has 6 heteroatoms. The van der Waals surface area contributed by atoms with Gasteiger partial charge in [-0.25, -0.2) is 0 Å². The highest BCUT2D eigenvalue weighted by Gasteiger charge is 2.35. The molecule has 0 spiro atoms. The van der Waals surface area contributed by atoms with Crippen LogP contribution < -0.4 is 10.1 Å². The van der Waals surface area contributed by atoms with Crippen LogP contribution >= 0.6 is 15.9 Å². The molecular formula is C23H27BrN2O3. The zero-order valence-corrected chi connectivity index (χ0v) is 18.7. The third-order valence-corrected chi connectivity index (χ3v) is 5.98. The highest BCUT2D eigenvalue weighted by atomic mass is 79.9. The molecule has 1 aliphatic heterocycles. The van der Waals surface area contributed by atoms with Crippen molar-refractivity contribution >= 4 is 27.7 Å². The molecule has 1 fully saturated rings. The normalized spacial score (nSPS) is 16.8. The van der Waals surface area contributed by atoms with E-state index in [1.54, 1.807) is 12.0 Å². The van der Waals surface area contributed by atoms with Crippen molar-refractivity contribution in [2.24, 2.45) is 5.92 Å². The lowest BCUT2D eigenvalue weighted by atomic mass is 9.84. The van der Waals surface area contributed by atoms with E-state index in [2.05, 4.69) is 47.2 Å². The van der Waals surface area contributed by atoms with Gasteiger partial charge in [0.1, 0.15) is 5.75 Å². The van der Waals surface area contributed by atoms with Crippen molar-refractivity contribution in [1.82, 2.24) is 10.2 Å². The molecule has 1 N–H and O–H groups in total. The van der Waals surface area contributed by atoms with Crippen molar-refractivity contribution < 1.29 is 14.3 Å². The lowest BCUT2D eigenvalue weighted by molar-refractivity contribution is -0.129. The van der Waals surface area contributed by atoms with Gasteiger partial charge >= 0.3 is 0 Å². The molecule has 1 heterocycles. The molecule has 0 bridgehead atoms. The van der Waals surface area contributed by atoms with Gasteiger partial charge in [0, 0.05) is 35.9 Å².